The van der Waals surface area contributed by atoms with Crippen LogP contribution in [0.5, 0.6) is 23.0 Å². The molecular weight excluding hydrogens is 490 g/mol. The molecule has 0 spiro atoms. The number of aryl methyl sites for hydroxylation is 2. The highest BCUT2D eigenvalue weighted by molar-refractivity contribution is 6.01. The second-order valence-corrected chi connectivity index (χ2v) is 7.97. The van der Waals surface area contributed by atoms with Crippen molar-refractivity contribution in [1.82, 2.24) is 15.8 Å². The highest BCUT2D eigenvalue weighted by atomic mass is 16.5. The number of phenolic OH excluding ortho intramolecular Hbond substituents is 2. The molecule has 1 aromatic heterocycles. The van der Waals surface area contributed by atoms with E-state index in [2.05, 4.69) is 26.0 Å². The van der Waals surface area contributed by atoms with Crippen molar-refractivity contribution in [3.63, 3.8) is 0 Å². The maximum atomic E-state index is 12.8. The van der Waals surface area contributed by atoms with Crippen molar-refractivity contribution in [3.05, 3.63) is 76.1 Å². The van der Waals surface area contributed by atoms with Crippen molar-refractivity contribution in [1.29, 1.82) is 0 Å². The molecule has 198 valence electrons. The highest BCUT2D eigenvalue weighted by Crippen LogP contribution is 2.27. The lowest BCUT2D eigenvalue weighted by Crippen LogP contribution is -2.23. The summed E-state index contributed by atoms with van der Waals surface area (Å²) in [6.07, 6.45) is 2.80. The Morgan fingerprint density at radius 2 is 1.21 bits per heavy atom. The Hall–Kier alpha value is -4.93. The van der Waals surface area contributed by atoms with Gasteiger partial charge in [0.05, 0.1) is 48.2 Å². The van der Waals surface area contributed by atoms with Crippen LogP contribution in [0.4, 0.5) is 0 Å². The Morgan fingerprint density at radius 1 is 0.789 bits per heavy atom. The highest BCUT2D eigenvalue weighted by Gasteiger charge is 2.17. The second-order valence-electron chi connectivity index (χ2n) is 7.97. The first kappa shape index (κ1) is 27.7. The average molecular weight is 520 g/mol. The lowest BCUT2D eigenvalue weighted by molar-refractivity contribution is 0.0954. The van der Waals surface area contributed by atoms with E-state index in [1.807, 2.05) is 0 Å². The zero-order valence-electron chi connectivity index (χ0n) is 21.5. The molecule has 0 bridgehead atoms. The van der Waals surface area contributed by atoms with Crippen molar-refractivity contribution < 1.29 is 29.3 Å². The molecule has 4 N–H and O–H groups in total. The average Bonchev–Trinajstić information content (AvgIpc) is 2.88. The van der Waals surface area contributed by atoms with E-state index in [9.17, 15) is 19.8 Å². The number of benzene rings is 2. The van der Waals surface area contributed by atoms with Gasteiger partial charge in [0.1, 0.15) is 0 Å². The van der Waals surface area contributed by atoms with Crippen LogP contribution in [0.1, 0.15) is 57.1 Å². The van der Waals surface area contributed by atoms with Crippen molar-refractivity contribution >= 4 is 24.2 Å². The van der Waals surface area contributed by atoms with Gasteiger partial charge in [-0.25, -0.2) is 10.9 Å². The molecule has 3 rings (SSSR count). The Labute approximate surface area is 219 Å². The molecule has 0 radical (unpaired) electrons. The number of aromatic hydroxyl groups is 2. The Kier molecular flexibility index (Phi) is 9.36. The van der Waals surface area contributed by atoms with Gasteiger partial charge >= 0.3 is 0 Å². The summed E-state index contributed by atoms with van der Waals surface area (Å²) in [7, 11) is 0. The van der Waals surface area contributed by atoms with Crippen LogP contribution in [-0.4, -0.2) is 52.7 Å². The van der Waals surface area contributed by atoms with Crippen molar-refractivity contribution in [2.75, 3.05) is 13.2 Å². The van der Waals surface area contributed by atoms with Crippen LogP contribution in [0.25, 0.3) is 0 Å². The number of ether oxygens (including phenoxy) is 2. The summed E-state index contributed by atoms with van der Waals surface area (Å²) < 4.78 is 10.7. The molecule has 0 saturated carbocycles. The zero-order valence-corrected chi connectivity index (χ0v) is 21.5. The molecule has 0 fully saturated rings. The Bertz CT molecular complexity index is 1290. The van der Waals surface area contributed by atoms with Crippen LogP contribution >= 0.6 is 0 Å². The fourth-order valence-electron chi connectivity index (χ4n) is 3.40. The normalized spacial score (nSPS) is 11.1. The van der Waals surface area contributed by atoms with Crippen LogP contribution in [0.15, 0.2) is 52.7 Å². The van der Waals surface area contributed by atoms with Crippen LogP contribution in [0.2, 0.25) is 0 Å². The van der Waals surface area contributed by atoms with Gasteiger partial charge in [-0.15, -0.1) is 0 Å². The molecule has 2 amide bonds. The largest absolute Gasteiger partial charge is 0.504 e. The van der Waals surface area contributed by atoms with E-state index >= 15 is 0 Å². The number of phenols is 2. The molecule has 11 nitrogen and oxygen atoms in total. The van der Waals surface area contributed by atoms with Crippen LogP contribution in [0.3, 0.4) is 0 Å². The smallest absolute Gasteiger partial charge is 0.273 e. The summed E-state index contributed by atoms with van der Waals surface area (Å²) in [5, 5.41) is 27.5. The molecule has 0 aliphatic heterocycles. The van der Waals surface area contributed by atoms with Gasteiger partial charge in [-0.2, -0.15) is 10.2 Å². The summed E-state index contributed by atoms with van der Waals surface area (Å²) in [5.41, 5.74) is 7.22. The van der Waals surface area contributed by atoms with Crippen molar-refractivity contribution in [2.45, 2.75) is 27.7 Å². The molecule has 0 saturated heterocycles. The topological polar surface area (TPSA) is 155 Å². The first-order chi connectivity index (χ1) is 18.2. The molecule has 38 heavy (non-hydrogen) atoms. The fourth-order valence-corrected chi connectivity index (χ4v) is 3.40. The van der Waals surface area contributed by atoms with Gasteiger partial charge < -0.3 is 19.7 Å². The van der Waals surface area contributed by atoms with E-state index in [-0.39, 0.29) is 22.6 Å². The maximum absolute atomic E-state index is 12.8. The quantitative estimate of drug-likeness (QED) is 0.236. The molecule has 0 aliphatic carbocycles. The van der Waals surface area contributed by atoms with Crippen LogP contribution in [-0.2, 0) is 0 Å². The van der Waals surface area contributed by atoms with Gasteiger partial charge in [-0.05, 0) is 81.3 Å². The van der Waals surface area contributed by atoms with Gasteiger partial charge in [-0.1, -0.05) is 0 Å². The summed E-state index contributed by atoms with van der Waals surface area (Å²) in [6, 6.07) is 10.8. The van der Waals surface area contributed by atoms with Gasteiger partial charge in [-0.3, -0.25) is 14.6 Å². The van der Waals surface area contributed by atoms with Crippen LogP contribution < -0.4 is 20.3 Å². The predicted molar refractivity (Wildman–Crippen MR) is 142 cm³/mol. The minimum atomic E-state index is -0.555. The Balaban J connectivity index is 1.70. The van der Waals surface area contributed by atoms with Gasteiger partial charge in [0.2, 0.25) is 0 Å². The standard InChI is InChI=1S/C27H29N5O6/c1-5-37-24-11-18(7-9-22(24)33)14-28-31-26(35)20-13-21(17(4)30-16(20)3)27(36)32-29-15-19-8-10-23(34)25(12-19)38-6-2/h7-15,33-34H,5-6H2,1-4H3,(H,31,35)(H,32,36). The molecule has 0 atom stereocenters. The third kappa shape index (κ3) is 7.06. The lowest BCUT2D eigenvalue weighted by Gasteiger charge is -2.10. The molecule has 0 unspecified atom stereocenters. The summed E-state index contributed by atoms with van der Waals surface area (Å²) in [4.78, 5) is 29.8. The Morgan fingerprint density at radius 3 is 1.61 bits per heavy atom. The number of aromatic nitrogens is 1. The van der Waals surface area contributed by atoms with E-state index in [0.29, 0.717) is 47.2 Å². The third-order valence-electron chi connectivity index (χ3n) is 5.22. The number of carbonyl (C=O) groups excluding carboxylic acids is 2. The van der Waals surface area contributed by atoms with Crippen molar-refractivity contribution in [3.8, 4) is 23.0 Å². The lowest BCUT2D eigenvalue weighted by atomic mass is 10.1. The summed E-state index contributed by atoms with van der Waals surface area (Å²) >= 11 is 0. The van der Waals surface area contributed by atoms with E-state index in [1.54, 1.807) is 52.0 Å². The SMILES string of the molecule is CCOc1cc(C=NNC(=O)c2cc(C(=O)NN=Cc3ccc(O)c(OCC)c3)c(C)nc2C)ccc1O. The van der Waals surface area contributed by atoms with Gasteiger partial charge in [0.15, 0.2) is 23.0 Å². The number of hydrogen-bond donors (Lipinski definition) is 4. The monoisotopic (exact) mass is 519 g/mol. The molecule has 1 heterocycles. The third-order valence-corrected chi connectivity index (χ3v) is 5.22. The van der Waals surface area contributed by atoms with Crippen LogP contribution in [0, 0.1) is 13.8 Å². The fraction of sp³-hybridized carbons (Fsp3) is 0.222. The first-order valence-corrected chi connectivity index (χ1v) is 11.8. The minimum Gasteiger partial charge on any atom is -0.504 e. The van der Waals surface area contributed by atoms with Crippen molar-refractivity contribution in [2.24, 2.45) is 10.2 Å². The van der Waals surface area contributed by atoms with Gasteiger partial charge in [0, 0.05) is 0 Å². The van der Waals surface area contributed by atoms with E-state index in [1.165, 1.54) is 30.6 Å². The molecule has 2 aromatic carbocycles. The minimum absolute atomic E-state index is 0.00264. The van der Waals surface area contributed by atoms with E-state index < -0.39 is 11.8 Å². The number of hydrazone groups is 2. The second kappa shape index (κ2) is 12.9. The first-order valence-electron chi connectivity index (χ1n) is 11.8. The maximum Gasteiger partial charge on any atom is 0.273 e. The molecule has 3 aromatic rings. The predicted octanol–water partition coefficient (Wildman–Crippen LogP) is 3.43. The van der Waals surface area contributed by atoms with E-state index in [0.717, 1.165) is 0 Å². The number of amides is 2. The molecule has 11 heteroatoms. The van der Waals surface area contributed by atoms with E-state index in [4.69, 9.17) is 9.47 Å². The number of hydrogen-bond acceptors (Lipinski definition) is 9. The summed E-state index contributed by atoms with van der Waals surface area (Å²) in [6.45, 7) is 7.68. The number of rotatable bonds is 10. The number of nitrogens with one attached hydrogen (secondary N) is 2. The van der Waals surface area contributed by atoms with Gasteiger partial charge in [0.25, 0.3) is 11.8 Å². The molecular formula is C27H29N5O6. The molecule has 0 aliphatic rings. The summed E-state index contributed by atoms with van der Waals surface area (Å²) in [5.74, 6) is -0.495. The number of carbonyl (C=O) groups is 2. The number of pyridine rings is 1. The zero-order chi connectivity index (χ0) is 27.7. The number of nitrogens with zero attached hydrogens (tertiary/aromatic N) is 3.